The molecular weight excluding hydrogens is 212 g/mol. The molecule has 0 radical (unpaired) electrons. The summed E-state index contributed by atoms with van der Waals surface area (Å²) in [5.74, 6) is -0.169. The Labute approximate surface area is 102 Å². The SMILES string of the molecule is C=CC(=O)CC(O)(CC(=C)C)c1ccccc1. The zero-order valence-electron chi connectivity index (χ0n) is 10.1. The van der Waals surface area contributed by atoms with Crippen molar-refractivity contribution < 1.29 is 9.90 Å². The molecule has 0 saturated carbocycles. The molecule has 0 saturated heterocycles. The van der Waals surface area contributed by atoms with Gasteiger partial charge in [-0.3, -0.25) is 4.79 Å². The number of hydrogen-bond donors (Lipinski definition) is 1. The quantitative estimate of drug-likeness (QED) is 0.602. The van der Waals surface area contributed by atoms with Gasteiger partial charge in [0.15, 0.2) is 5.78 Å². The van der Waals surface area contributed by atoms with Crippen molar-refractivity contribution in [3.05, 3.63) is 60.7 Å². The van der Waals surface area contributed by atoms with Crippen molar-refractivity contribution >= 4 is 5.78 Å². The fourth-order valence-electron chi connectivity index (χ4n) is 1.87. The molecule has 0 heterocycles. The molecule has 0 aromatic heterocycles. The maximum absolute atomic E-state index is 11.5. The second kappa shape index (κ2) is 5.60. The van der Waals surface area contributed by atoms with Crippen LogP contribution in [0.1, 0.15) is 25.3 Å². The van der Waals surface area contributed by atoms with E-state index in [4.69, 9.17) is 0 Å². The lowest BCUT2D eigenvalue weighted by Crippen LogP contribution is -2.28. The Morgan fingerprint density at radius 1 is 1.35 bits per heavy atom. The van der Waals surface area contributed by atoms with Gasteiger partial charge in [0.25, 0.3) is 0 Å². The van der Waals surface area contributed by atoms with Crippen molar-refractivity contribution in [2.24, 2.45) is 0 Å². The van der Waals surface area contributed by atoms with Gasteiger partial charge in [-0.15, -0.1) is 6.58 Å². The van der Waals surface area contributed by atoms with Gasteiger partial charge in [-0.2, -0.15) is 0 Å². The van der Waals surface area contributed by atoms with Crippen molar-refractivity contribution in [1.29, 1.82) is 0 Å². The molecule has 1 aromatic rings. The minimum Gasteiger partial charge on any atom is -0.384 e. The number of allylic oxidation sites excluding steroid dienone is 1. The lowest BCUT2D eigenvalue weighted by Gasteiger charge is -2.28. The maximum Gasteiger partial charge on any atom is 0.158 e. The lowest BCUT2D eigenvalue weighted by atomic mass is 9.83. The highest BCUT2D eigenvalue weighted by atomic mass is 16.3. The first kappa shape index (κ1) is 13.4. The van der Waals surface area contributed by atoms with E-state index in [1.54, 1.807) is 0 Å². The molecular formula is C15H18O2. The summed E-state index contributed by atoms with van der Waals surface area (Å²) in [5.41, 5.74) is 0.393. The minimum atomic E-state index is -1.18. The van der Waals surface area contributed by atoms with Crippen LogP contribution in [0.25, 0.3) is 0 Å². The van der Waals surface area contributed by atoms with Gasteiger partial charge in [-0.25, -0.2) is 0 Å². The average molecular weight is 230 g/mol. The van der Waals surface area contributed by atoms with Crippen LogP contribution in [0, 0.1) is 0 Å². The molecule has 1 aromatic carbocycles. The number of ketones is 1. The van der Waals surface area contributed by atoms with Gasteiger partial charge in [-0.05, 0) is 18.6 Å². The highest BCUT2D eigenvalue weighted by Crippen LogP contribution is 2.31. The van der Waals surface area contributed by atoms with E-state index < -0.39 is 5.60 Å². The van der Waals surface area contributed by atoms with Gasteiger partial charge in [0.1, 0.15) is 5.60 Å². The molecule has 2 nitrogen and oxygen atoms in total. The first-order valence-corrected chi connectivity index (χ1v) is 5.55. The topological polar surface area (TPSA) is 37.3 Å². The summed E-state index contributed by atoms with van der Waals surface area (Å²) in [5, 5.41) is 10.6. The van der Waals surface area contributed by atoms with Crippen molar-refractivity contribution in [1.82, 2.24) is 0 Å². The third kappa shape index (κ3) is 3.68. The molecule has 0 aliphatic rings. The summed E-state index contributed by atoms with van der Waals surface area (Å²) < 4.78 is 0. The van der Waals surface area contributed by atoms with Gasteiger partial charge in [0, 0.05) is 12.8 Å². The largest absolute Gasteiger partial charge is 0.384 e. The molecule has 0 spiro atoms. The third-order valence-corrected chi connectivity index (χ3v) is 2.60. The first-order chi connectivity index (χ1) is 7.98. The Hall–Kier alpha value is -1.67. The summed E-state index contributed by atoms with van der Waals surface area (Å²) in [4.78, 5) is 11.5. The smallest absolute Gasteiger partial charge is 0.158 e. The van der Waals surface area contributed by atoms with Crippen LogP contribution in [0.3, 0.4) is 0 Å². The van der Waals surface area contributed by atoms with Crippen molar-refractivity contribution in [2.75, 3.05) is 0 Å². The van der Waals surface area contributed by atoms with E-state index >= 15 is 0 Å². The van der Waals surface area contributed by atoms with Crippen LogP contribution < -0.4 is 0 Å². The summed E-state index contributed by atoms with van der Waals surface area (Å²) >= 11 is 0. The van der Waals surface area contributed by atoms with Crippen LogP contribution in [-0.4, -0.2) is 10.9 Å². The second-order valence-electron chi connectivity index (χ2n) is 4.38. The van der Waals surface area contributed by atoms with E-state index in [9.17, 15) is 9.90 Å². The van der Waals surface area contributed by atoms with Crippen molar-refractivity contribution in [2.45, 2.75) is 25.4 Å². The van der Waals surface area contributed by atoms with Crippen molar-refractivity contribution in [3.63, 3.8) is 0 Å². The molecule has 1 rings (SSSR count). The van der Waals surface area contributed by atoms with Crippen LogP contribution in [0.2, 0.25) is 0 Å². The fraction of sp³-hybridized carbons (Fsp3) is 0.267. The number of benzene rings is 1. The molecule has 0 amide bonds. The summed E-state index contributed by atoms with van der Waals surface area (Å²) in [7, 11) is 0. The Morgan fingerprint density at radius 3 is 2.41 bits per heavy atom. The van der Waals surface area contributed by atoms with E-state index in [0.717, 1.165) is 11.1 Å². The van der Waals surface area contributed by atoms with E-state index in [0.29, 0.717) is 6.42 Å². The van der Waals surface area contributed by atoms with E-state index in [1.165, 1.54) is 6.08 Å². The summed E-state index contributed by atoms with van der Waals surface area (Å²) in [6.45, 7) is 9.08. The van der Waals surface area contributed by atoms with Gasteiger partial charge in [-0.1, -0.05) is 42.5 Å². The Kier molecular flexibility index (Phi) is 4.41. The van der Waals surface area contributed by atoms with Crippen LogP contribution in [0.4, 0.5) is 0 Å². The average Bonchev–Trinajstić information content (AvgIpc) is 2.29. The zero-order chi connectivity index (χ0) is 12.9. The van der Waals surface area contributed by atoms with E-state index in [2.05, 4.69) is 13.2 Å². The Morgan fingerprint density at radius 2 is 1.94 bits per heavy atom. The van der Waals surface area contributed by atoms with E-state index in [1.807, 2.05) is 37.3 Å². The van der Waals surface area contributed by atoms with Gasteiger partial charge in [0.05, 0.1) is 0 Å². The predicted molar refractivity (Wildman–Crippen MR) is 69.6 cm³/mol. The van der Waals surface area contributed by atoms with Crippen LogP contribution in [0.15, 0.2) is 55.1 Å². The normalized spacial score (nSPS) is 13.8. The minimum absolute atomic E-state index is 0.0351. The van der Waals surface area contributed by atoms with Gasteiger partial charge >= 0.3 is 0 Å². The highest BCUT2D eigenvalue weighted by molar-refractivity contribution is 5.90. The first-order valence-electron chi connectivity index (χ1n) is 5.55. The number of rotatable bonds is 6. The Balaban J connectivity index is 3.05. The van der Waals surface area contributed by atoms with Gasteiger partial charge < -0.3 is 5.11 Å². The molecule has 1 unspecified atom stereocenters. The zero-order valence-corrected chi connectivity index (χ0v) is 10.1. The van der Waals surface area contributed by atoms with Crippen LogP contribution in [0.5, 0.6) is 0 Å². The van der Waals surface area contributed by atoms with Gasteiger partial charge in [0.2, 0.25) is 0 Å². The number of carbonyl (C=O) groups excluding carboxylic acids is 1. The molecule has 0 bridgehead atoms. The Bertz CT molecular complexity index is 420. The molecule has 0 fully saturated rings. The molecule has 2 heteroatoms. The second-order valence-corrected chi connectivity index (χ2v) is 4.38. The molecule has 0 aliphatic heterocycles. The summed E-state index contributed by atoms with van der Waals surface area (Å²) in [6, 6.07) is 9.20. The third-order valence-electron chi connectivity index (χ3n) is 2.60. The number of hydrogen-bond acceptors (Lipinski definition) is 2. The van der Waals surface area contributed by atoms with Crippen molar-refractivity contribution in [3.8, 4) is 0 Å². The number of aliphatic hydroxyl groups is 1. The van der Waals surface area contributed by atoms with Crippen LogP contribution in [-0.2, 0) is 10.4 Å². The fourth-order valence-corrected chi connectivity index (χ4v) is 1.87. The molecule has 0 aliphatic carbocycles. The highest BCUT2D eigenvalue weighted by Gasteiger charge is 2.31. The molecule has 1 N–H and O–H groups in total. The predicted octanol–water partition coefficient (Wildman–Crippen LogP) is 2.99. The number of carbonyl (C=O) groups is 1. The lowest BCUT2D eigenvalue weighted by molar-refractivity contribution is -0.119. The monoisotopic (exact) mass is 230 g/mol. The molecule has 90 valence electrons. The molecule has 17 heavy (non-hydrogen) atoms. The standard InChI is InChI=1S/C15H18O2/c1-4-14(16)11-15(17,10-12(2)3)13-8-6-5-7-9-13/h4-9,17H,1-2,10-11H2,3H3. The van der Waals surface area contributed by atoms with E-state index in [-0.39, 0.29) is 12.2 Å². The summed E-state index contributed by atoms with van der Waals surface area (Å²) in [6.07, 6.45) is 1.65. The molecule has 1 atom stereocenters. The van der Waals surface area contributed by atoms with Crippen LogP contribution >= 0.6 is 0 Å². The maximum atomic E-state index is 11.5.